The third kappa shape index (κ3) is 5.09. The summed E-state index contributed by atoms with van der Waals surface area (Å²) in [5, 5.41) is 0. The van der Waals surface area contributed by atoms with Gasteiger partial charge in [0.05, 0.1) is 12.3 Å². The summed E-state index contributed by atoms with van der Waals surface area (Å²) in [6.07, 6.45) is 2.23. The molecule has 30 heavy (non-hydrogen) atoms. The number of likely N-dealkylation sites (tertiary alicyclic amines) is 2. The third-order valence-corrected chi connectivity index (χ3v) is 6.07. The van der Waals surface area contributed by atoms with Crippen LogP contribution >= 0.6 is 0 Å². The Bertz CT molecular complexity index is 759. The number of aromatic nitrogens is 2. The summed E-state index contributed by atoms with van der Waals surface area (Å²) in [6.45, 7) is 7.23. The van der Waals surface area contributed by atoms with Gasteiger partial charge in [-0.2, -0.15) is 0 Å². The van der Waals surface area contributed by atoms with Crippen molar-refractivity contribution in [3.63, 3.8) is 0 Å². The fraction of sp³-hybridized carbons (Fsp3) is 0.727. The van der Waals surface area contributed by atoms with E-state index in [1.54, 1.807) is 7.11 Å². The molecule has 166 valence electrons. The molecule has 0 radical (unpaired) electrons. The monoisotopic (exact) mass is 417 g/mol. The van der Waals surface area contributed by atoms with Gasteiger partial charge >= 0.3 is 0 Å². The van der Waals surface area contributed by atoms with Crippen LogP contribution in [-0.4, -0.2) is 85.6 Å². The summed E-state index contributed by atoms with van der Waals surface area (Å²) in [7, 11) is 5.60. The van der Waals surface area contributed by atoms with Gasteiger partial charge in [-0.05, 0) is 12.8 Å². The van der Waals surface area contributed by atoms with Crippen LogP contribution in [0.3, 0.4) is 0 Å². The predicted molar refractivity (Wildman–Crippen MR) is 116 cm³/mol. The molecule has 3 rings (SSSR count). The summed E-state index contributed by atoms with van der Waals surface area (Å²) >= 11 is 0. The molecule has 0 unspecified atom stereocenters. The van der Waals surface area contributed by atoms with Crippen LogP contribution in [-0.2, 0) is 14.3 Å². The molecule has 2 amide bonds. The molecule has 1 aromatic rings. The number of anilines is 1. The van der Waals surface area contributed by atoms with Gasteiger partial charge in [-0.15, -0.1) is 0 Å². The Morgan fingerprint density at radius 1 is 1.23 bits per heavy atom. The highest BCUT2D eigenvalue weighted by molar-refractivity contribution is 5.79. The van der Waals surface area contributed by atoms with E-state index in [1.807, 2.05) is 48.7 Å². The molecule has 8 nitrogen and oxygen atoms in total. The predicted octanol–water partition coefficient (Wildman–Crippen LogP) is 1.87. The fourth-order valence-corrected chi connectivity index (χ4v) is 4.20. The maximum Gasteiger partial charge on any atom is 0.225 e. The Labute approximate surface area is 179 Å². The van der Waals surface area contributed by atoms with Gasteiger partial charge in [-0.3, -0.25) is 9.59 Å². The van der Waals surface area contributed by atoms with Gasteiger partial charge in [0.2, 0.25) is 11.8 Å². The number of nitrogens with zero attached hydrogens (tertiary/aromatic N) is 5. The quantitative estimate of drug-likeness (QED) is 0.674. The third-order valence-electron chi connectivity index (χ3n) is 6.07. The lowest BCUT2D eigenvalue weighted by Gasteiger charge is -2.33. The number of carbonyl (C=O) groups is 2. The molecule has 8 heteroatoms. The van der Waals surface area contributed by atoms with Gasteiger partial charge in [-0.1, -0.05) is 13.8 Å². The van der Waals surface area contributed by atoms with E-state index in [2.05, 4.69) is 0 Å². The van der Waals surface area contributed by atoms with Gasteiger partial charge in [-0.25, -0.2) is 9.97 Å². The molecule has 3 heterocycles. The van der Waals surface area contributed by atoms with E-state index in [4.69, 9.17) is 14.7 Å². The van der Waals surface area contributed by atoms with Crippen LogP contribution in [0.25, 0.3) is 0 Å². The Morgan fingerprint density at radius 3 is 2.53 bits per heavy atom. The van der Waals surface area contributed by atoms with Crippen molar-refractivity contribution in [3.8, 4) is 0 Å². The van der Waals surface area contributed by atoms with E-state index in [9.17, 15) is 9.59 Å². The lowest BCUT2D eigenvalue weighted by Crippen LogP contribution is -2.40. The second kappa shape index (κ2) is 9.73. The number of carbonyl (C=O) groups excluding carboxylic acids is 2. The summed E-state index contributed by atoms with van der Waals surface area (Å²) in [5.74, 6) is 2.44. The first kappa shape index (κ1) is 22.5. The minimum absolute atomic E-state index is 0.0300. The Balaban J connectivity index is 1.76. The van der Waals surface area contributed by atoms with Crippen molar-refractivity contribution >= 4 is 17.6 Å². The number of hydrogen-bond acceptors (Lipinski definition) is 6. The van der Waals surface area contributed by atoms with Crippen LogP contribution in [0.2, 0.25) is 0 Å². The number of rotatable bonds is 7. The highest BCUT2D eigenvalue weighted by atomic mass is 16.5. The van der Waals surface area contributed by atoms with Gasteiger partial charge in [0.1, 0.15) is 11.6 Å². The lowest BCUT2D eigenvalue weighted by molar-refractivity contribution is -0.135. The fourth-order valence-electron chi connectivity index (χ4n) is 4.20. The minimum Gasteiger partial charge on any atom is -0.383 e. The Morgan fingerprint density at radius 2 is 1.93 bits per heavy atom. The average molecular weight is 418 g/mol. The van der Waals surface area contributed by atoms with Crippen LogP contribution in [0.4, 0.5) is 5.82 Å². The lowest BCUT2D eigenvalue weighted by atomic mass is 9.94. The van der Waals surface area contributed by atoms with Crippen LogP contribution in [0.1, 0.15) is 56.5 Å². The molecular formula is C22H35N5O3. The van der Waals surface area contributed by atoms with E-state index in [0.29, 0.717) is 26.1 Å². The molecule has 2 fully saturated rings. The van der Waals surface area contributed by atoms with Gasteiger partial charge in [0, 0.05) is 77.6 Å². The van der Waals surface area contributed by atoms with Crippen molar-refractivity contribution in [2.45, 2.75) is 44.9 Å². The number of piperidine rings is 1. The molecule has 0 aliphatic carbocycles. The van der Waals surface area contributed by atoms with Crippen molar-refractivity contribution in [2.75, 3.05) is 58.9 Å². The average Bonchev–Trinajstić information content (AvgIpc) is 3.12. The van der Waals surface area contributed by atoms with Crippen molar-refractivity contribution < 1.29 is 14.3 Å². The topological polar surface area (TPSA) is 78.9 Å². The molecule has 0 saturated carbocycles. The number of amides is 2. The SMILES string of the molecule is COCCN1C[C@@H](c2cc(N(C)C)nc(C3CCN(C(=O)C(C)C)CC3)n2)CC1=O. The second-order valence-electron chi connectivity index (χ2n) is 8.89. The van der Waals surface area contributed by atoms with Gasteiger partial charge < -0.3 is 19.4 Å². The van der Waals surface area contributed by atoms with Crippen LogP contribution < -0.4 is 4.90 Å². The molecule has 0 aromatic carbocycles. The first-order valence-electron chi connectivity index (χ1n) is 10.9. The van der Waals surface area contributed by atoms with Crippen LogP contribution in [0.5, 0.6) is 0 Å². The van der Waals surface area contributed by atoms with E-state index in [-0.39, 0.29) is 29.6 Å². The minimum atomic E-state index is 0.0300. The van der Waals surface area contributed by atoms with Crippen molar-refractivity contribution in [1.82, 2.24) is 19.8 Å². The molecule has 2 saturated heterocycles. The zero-order chi connectivity index (χ0) is 21.8. The summed E-state index contributed by atoms with van der Waals surface area (Å²) in [6, 6.07) is 2.01. The maximum absolute atomic E-state index is 12.4. The number of methoxy groups -OCH3 is 1. The second-order valence-corrected chi connectivity index (χ2v) is 8.89. The van der Waals surface area contributed by atoms with E-state index in [1.165, 1.54) is 0 Å². The standard InChI is InChI=1S/C22H35N5O3/c1-15(2)22(29)26-8-6-16(7-9-26)21-23-18(13-19(24-21)25(3)4)17-12-20(28)27(14-17)10-11-30-5/h13,15-17H,6-12,14H2,1-5H3/t17-/m0/s1. The molecule has 0 spiro atoms. The van der Waals surface area contributed by atoms with Crippen LogP contribution in [0.15, 0.2) is 6.07 Å². The highest BCUT2D eigenvalue weighted by Crippen LogP contribution is 2.32. The zero-order valence-corrected chi connectivity index (χ0v) is 18.9. The number of ether oxygens (including phenoxy) is 1. The maximum atomic E-state index is 12.4. The molecule has 1 atom stereocenters. The Kier molecular flexibility index (Phi) is 7.28. The van der Waals surface area contributed by atoms with Crippen LogP contribution in [0, 0.1) is 5.92 Å². The molecule has 0 N–H and O–H groups in total. The molecular weight excluding hydrogens is 382 g/mol. The zero-order valence-electron chi connectivity index (χ0n) is 18.9. The van der Waals surface area contributed by atoms with Crippen molar-refractivity contribution in [3.05, 3.63) is 17.6 Å². The van der Waals surface area contributed by atoms with E-state index < -0.39 is 0 Å². The molecule has 2 aliphatic rings. The Hall–Kier alpha value is -2.22. The summed E-state index contributed by atoms with van der Waals surface area (Å²) in [4.78, 5) is 40.2. The first-order chi connectivity index (χ1) is 14.3. The van der Waals surface area contributed by atoms with Gasteiger partial charge in [0.25, 0.3) is 0 Å². The molecule has 0 bridgehead atoms. The van der Waals surface area contributed by atoms with E-state index >= 15 is 0 Å². The molecule has 1 aromatic heterocycles. The van der Waals surface area contributed by atoms with Gasteiger partial charge in [0.15, 0.2) is 0 Å². The van der Waals surface area contributed by atoms with Crippen molar-refractivity contribution in [1.29, 1.82) is 0 Å². The molecule has 2 aliphatic heterocycles. The highest BCUT2D eigenvalue weighted by Gasteiger charge is 2.33. The smallest absolute Gasteiger partial charge is 0.225 e. The first-order valence-corrected chi connectivity index (χ1v) is 10.9. The largest absolute Gasteiger partial charge is 0.383 e. The number of hydrogen-bond donors (Lipinski definition) is 0. The summed E-state index contributed by atoms with van der Waals surface area (Å²) < 4.78 is 5.13. The summed E-state index contributed by atoms with van der Waals surface area (Å²) in [5.41, 5.74) is 0.942. The van der Waals surface area contributed by atoms with E-state index in [0.717, 1.165) is 43.3 Å². The van der Waals surface area contributed by atoms with Crippen molar-refractivity contribution in [2.24, 2.45) is 5.92 Å². The normalized spacial score (nSPS) is 20.3.